The van der Waals surface area contributed by atoms with Crippen LogP contribution >= 0.6 is 12.4 Å². The van der Waals surface area contributed by atoms with Crippen LogP contribution in [0.2, 0.25) is 0 Å². The molecule has 0 aliphatic heterocycles. The van der Waals surface area contributed by atoms with Crippen LogP contribution in [0.1, 0.15) is 13.8 Å². The van der Waals surface area contributed by atoms with E-state index in [2.05, 4.69) is 5.32 Å². The van der Waals surface area contributed by atoms with Crippen molar-refractivity contribution < 1.29 is 9.53 Å². The number of halogens is 1. The fourth-order valence-corrected chi connectivity index (χ4v) is 1.05. The lowest BCUT2D eigenvalue weighted by molar-refractivity contribution is -0.118. The fraction of sp³-hybridized carbons (Fsp3) is 0.364. The van der Waals surface area contributed by atoms with Gasteiger partial charge in [0.2, 0.25) is 5.91 Å². The Morgan fingerprint density at radius 3 is 2.56 bits per heavy atom. The number of nitrogens with one attached hydrogen (secondary N) is 1. The minimum absolute atomic E-state index is 0. The maximum Gasteiger partial charge on any atom is 0.226 e. The van der Waals surface area contributed by atoms with Gasteiger partial charge >= 0.3 is 0 Å². The van der Waals surface area contributed by atoms with Gasteiger partial charge in [-0.05, 0) is 12.1 Å². The molecule has 0 aliphatic carbocycles. The van der Waals surface area contributed by atoms with Crippen molar-refractivity contribution in [2.75, 3.05) is 18.2 Å². The SMILES string of the molecule is COc1ccc(N)c(NC(=O)C(C)C)c1.Cl. The van der Waals surface area contributed by atoms with Crippen LogP contribution in [0.25, 0.3) is 0 Å². The van der Waals surface area contributed by atoms with Gasteiger partial charge in [-0.2, -0.15) is 0 Å². The number of nitrogen functional groups attached to an aromatic ring is 1. The molecule has 5 heteroatoms. The first-order valence-corrected chi connectivity index (χ1v) is 4.79. The van der Waals surface area contributed by atoms with E-state index in [9.17, 15) is 4.79 Å². The third-order valence-corrected chi connectivity index (χ3v) is 2.04. The van der Waals surface area contributed by atoms with Crippen molar-refractivity contribution in [1.82, 2.24) is 0 Å². The second-order valence-corrected chi connectivity index (χ2v) is 3.60. The molecule has 1 amide bonds. The van der Waals surface area contributed by atoms with Crippen LogP contribution in [0.5, 0.6) is 5.75 Å². The summed E-state index contributed by atoms with van der Waals surface area (Å²) in [5, 5.41) is 2.74. The summed E-state index contributed by atoms with van der Waals surface area (Å²) in [7, 11) is 1.57. The highest BCUT2D eigenvalue weighted by Gasteiger charge is 2.09. The number of methoxy groups -OCH3 is 1. The molecule has 0 radical (unpaired) electrons. The molecule has 0 bridgehead atoms. The molecule has 0 fully saturated rings. The highest BCUT2D eigenvalue weighted by molar-refractivity contribution is 5.95. The summed E-state index contributed by atoms with van der Waals surface area (Å²) in [6.07, 6.45) is 0. The molecule has 0 atom stereocenters. The third-order valence-electron chi connectivity index (χ3n) is 2.04. The van der Waals surface area contributed by atoms with Crippen LogP contribution in [0.3, 0.4) is 0 Å². The Morgan fingerprint density at radius 2 is 2.06 bits per heavy atom. The first-order valence-electron chi connectivity index (χ1n) is 4.79. The molecule has 4 nitrogen and oxygen atoms in total. The number of hydrogen-bond acceptors (Lipinski definition) is 3. The van der Waals surface area contributed by atoms with Crippen LogP contribution in [-0.2, 0) is 4.79 Å². The molecule has 0 aromatic heterocycles. The lowest BCUT2D eigenvalue weighted by atomic mass is 10.2. The third kappa shape index (κ3) is 3.62. The van der Waals surface area contributed by atoms with Gasteiger partial charge < -0.3 is 15.8 Å². The Morgan fingerprint density at radius 1 is 1.44 bits per heavy atom. The molecule has 0 unspecified atom stereocenters. The average molecular weight is 245 g/mol. The number of rotatable bonds is 3. The first kappa shape index (κ1) is 14.6. The Balaban J connectivity index is 0.00000225. The summed E-state index contributed by atoms with van der Waals surface area (Å²) in [6, 6.07) is 5.16. The number of ether oxygens (including phenoxy) is 1. The lowest BCUT2D eigenvalue weighted by Crippen LogP contribution is -2.18. The van der Waals surface area contributed by atoms with Crippen LogP contribution in [-0.4, -0.2) is 13.0 Å². The molecule has 0 saturated carbocycles. The molecular formula is C11H17ClN2O2. The second kappa shape index (κ2) is 6.23. The quantitative estimate of drug-likeness (QED) is 0.802. The van der Waals surface area contributed by atoms with E-state index in [1.807, 2.05) is 13.8 Å². The van der Waals surface area contributed by atoms with Crippen molar-refractivity contribution >= 4 is 29.7 Å². The molecule has 1 rings (SSSR count). The highest BCUT2D eigenvalue weighted by Crippen LogP contribution is 2.24. The predicted octanol–water partition coefficient (Wildman–Crippen LogP) is 2.29. The van der Waals surface area contributed by atoms with Crippen molar-refractivity contribution in [1.29, 1.82) is 0 Å². The molecule has 90 valence electrons. The van der Waals surface area contributed by atoms with Crippen LogP contribution in [0.15, 0.2) is 18.2 Å². The van der Waals surface area contributed by atoms with Crippen molar-refractivity contribution in [2.45, 2.75) is 13.8 Å². The summed E-state index contributed by atoms with van der Waals surface area (Å²) in [5.41, 5.74) is 6.85. The summed E-state index contributed by atoms with van der Waals surface area (Å²) in [4.78, 5) is 11.5. The van der Waals surface area contributed by atoms with Crippen molar-refractivity contribution in [3.8, 4) is 5.75 Å². The van der Waals surface area contributed by atoms with Gasteiger partial charge in [-0.25, -0.2) is 0 Å². The zero-order valence-electron chi connectivity index (χ0n) is 9.61. The maximum atomic E-state index is 11.5. The van der Waals surface area contributed by atoms with Gasteiger partial charge in [0.15, 0.2) is 0 Å². The minimum Gasteiger partial charge on any atom is -0.497 e. The van der Waals surface area contributed by atoms with E-state index in [-0.39, 0.29) is 24.2 Å². The van der Waals surface area contributed by atoms with Crippen LogP contribution in [0, 0.1) is 5.92 Å². The summed E-state index contributed by atoms with van der Waals surface area (Å²) in [5.74, 6) is 0.536. The molecular weight excluding hydrogens is 228 g/mol. The number of benzene rings is 1. The number of nitrogens with two attached hydrogens (primary N) is 1. The van der Waals surface area contributed by atoms with Gasteiger partial charge in [-0.3, -0.25) is 4.79 Å². The molecule has 1 aromatic rings. The largest absolute Gasteiger partial charge is 0.497 e. The lowest BCUT2D eigenvalue weighted by Gasteiger charge is -2.11. The van der Waals surface area contributed by atoms with Gasteiger partial charge in [-0.1, -0.05) is 13.8 Å². The van der Waals surface area contributed by atoms with Gasteiger partial charge in [0.25, 0.3) is 0 Å². The van der Waals surface area contributed by atoms with Crippen molar-refractivity contribution in [3.05, 3.63) is 18.2 Å². The van der Waals surface area contributed by atoms with E-state index in [1.54, 1.807) is 25.3 Å². The smallest absolute Gasteiger partial charge is 0.226 e. The molecule has 0 saturated heterocycles. The summed E-state index contributed by atoms with van der Waals surface area (Å²) >= 11 is 0. The van der Waals surface area contributed by atoms with E-state index in [0.717, 1.165) is 0 Å². The minimum atomic E-state index is -0.0735. The zero-order chi connectivity index (χ0) is 11.4. The van der Waals surface area contributed by atoms with E-state index >= 15 is 0 Å². The van der Waals surface area contributed by atoms with E-state index < -0.39 is 0 Å². The Hall–Kier alpha value is -1.42. The molecule has 16 heavy (non-hydrogen) atoms. The average Bonchev–Trinajstić information content (AvgIpc) is 2.21. The Labute approximate surface area is 102 Å². The second-order valence-electron chi connectivity index (χ2n) is 3.60. The molecule has 0 aliphatic rings. The van der Waals surface area contributed by atoms with Crippen LogP contribution in [0.4, 0.5) is 11.4 Å². The topological polar surface area (TPSA) is 64.3 Å². The molecule has 0 heterocycles. The number of amides is 1. The van der Waals surface area contributed by atoms with Gasteiger partial charge in [0.1, 0.15) is 5.75 Å². The number of carbonyl (C=O) groups is 1. The summed E-state index contributed by atoms with van der Waals surface area (Å²) < 4.78 is 5.05. The Bertz CT molecular complexity index is 367. The highest BCUT2D eigenvalue weighted by atomic mass is 35.5. The zero-order valence-corrected chi connectivity index (χ0v) is 10.4. The van der Waals surface area contributed by atoms with Crippen molar-refractivity contribution in [2.24, 2.45) is 5.92 Å². The van der Waals surface area contributed by atoms with Crippen molar-refractivity contribution in [3.63, 3.8) is 0 Å². The molecule has 3 N–H and O–H groups in total. The van der Waals surface area contributed by atoms with Gasteiger partial charge in [0, 0.05) is 12.0 Å². The van der Waals surface area contributed by atoms with E-state index in [4.69, 9.17) is 10.5 Å². The number of carbonyl (C=O) groups excluding carboxylic acids is 1. The van der Waals surface area contributed by atoms with E-state index in [0.29, 0.717) is 17.1 Å². The number of hydrogen-bond donors (Lipinski definition) is 2. The summed E-state index contributed by atoms with van der Waals surface area (Å²) in [6.45, 7) is 3.65. The fourth-order valence-electron chi connectivity index (χ4n) is 1.05. The first-order chi connectivity index (χ1) is 7.04. The molecule has 0 spiro atoms. The van der Waals surface area contributed by atoms with Crippen LogP contribution < -0.4 is 15.8 Å². The van der Waals surface area contributed by atoms with E-state index in [1.165, 1.54) is 0 Å². The van der Waals surface area contributed by atoms with Gasteiger partial charge in [-0.15, -0.1) is 12.4 Å². The maximum absolute atomic E-state index is 11.5. The monoisotopic (exact) mass is 244 g/mol. The predicted molar refractivity (Wildman–Crippen MR) is 68.1 cm³/mol. The standard InChI is InChI=1S/C11H16N2O2.ClH/c1-7(2)11(14)13-10-6-8(15-3)4-5-9(10)12;/h4-7H,12H2,1-3H3,(H,13,14);1H. The number of anilines is 2. The van der Waals surface area contributed by atoms with Gasteiger partial charge in [0.05, 0.1) is 18.5 Å². The Kier molecular flexibility index (Phi) is 5.67. The normalized spacial score (nSPS) is 9.50. The molecule has 1 aromatic carbocycles.